The molecule has 0 bridgehead atoms. The lowest BCUT2D eigenvalue weighted by atomic mass is 9.99. The second-order valence-corrected chi connectivity index (χ2v) is 8.21. The van der Waals surface area contributed by atoms with Crippen molar-refractivity contribution in [2.24, 2.45) is 5.92 Å². The topological polar surface area (TPSA) is 49.0 Å². The van der Waals surface area contributed by atoms with Crippen LogP contribution in [-0.2, 0) is 0 Å². The summed E-state index contributed by atoms with van der Waals surface area (Å²) >= 11 is 12.3. The number of carbonyl (C=O) groups excluding carboxylic acids is 1. The summed E-state index contributed by atoms with van der Waals surface area (Å²) in [5, 5.41) is 8.57. The Bertz CT molecular complexity index is 997. The van der Waals surface area contributed by atoms with Crippen LogP contribution in [0.2, 0.25) is 10.0 Å². The molecule has 1 fully saturated rings. The van der Waals surface area contributed by atoms with Gasteiger partial charge in [0.25, 0.3) is 5.91 Å². The Morgan fingerprint density at radius 2 is 1.93 bits per heavy atom. The quantitative estimate of drug-likeness (QED) is 0.578. The lowest BCUT2D eigenvalue weighted by Crippen LogP contribution is -2.39. The van der Waals surface area contributed by atoms with Gasteiger partial charge in [-0.25, -0.2) is 0 Å². The number of rotatable bonds is 3. The van der Waals surface area contributed by atoms with Crippen LogP contribution in [-0.4, -0.2) is 34.1 Å². The van der Waals surface area contributed by atoms with Crippen molar-refractivity contribution in [2.45, 2.75) is 19.8 Å². The zero-order chi connectivity index (χ0) is 19.7. The summed E-state index contributed by atoms with van der Waals surface area (Å²) in [6, 6.07) is 14.9. The van der Waals surface area contributed by atoms with E-state index < -0.39 is 0 Å². The van der Waals surface area contributed by atoms with Gasteiger partial charge in [-0.2, -0.15) is 5.10 Å². The number of benzene rings is 2. The molecular formula is C22H21Cl2N3O. The Morgan fingerprint density at radius 1 is 1.14 bits per heavy atom. The van der Waals surface area contributed by atoms with Crippen molar-refractivity contribution in [3.8, 4) is 22.5 Å². The van der Waals surface area contributed by atoms with Crippen LogP contribution >= 0.6 is 23.2 Å². The number of aromatic amines is 1. The summed E-state index contributed by atoms with van der Waals surface area (Å²) in [7, 11) is 0. The van der Waals surface area contributed by atoms with Gasteiger partial charge in [-0.1, -0.05) is 42.3 Å². The summed E-state index contributed by atoms with van der Waals surface area (Å²) in [6.07, 6.45) is 2.27. The zero-order valence-corrected chi connectivity index (χ0v) is 17.1. The van der Waals surface area contributed by atoms with E-state index in [1.807, 2.05) is 41.3 Å². The first-order chi connectivity index (χ1) is 13.5. The average Bonchev–Trinajstić information content (AvgIpc) is 3.17. The highest BCUT2D eigenvalue weighted by atomic mass is 35.5. The maximum Gasteiger partial charge on any atom is 0.253 e. The third-order valence-electron chi connectivity index (χ3n) is 5.17. The number of hydrogen-bond donors (Lipinski definition) is 1. The molecule has 6 heteroatoms. The predicted molar refractivity (Wildman–Crippen MR) is 114 cm³/mol. The van der Waals surface area contributed by atoms with Gasteiger partial charge in [0, 0.05) is 34.8 Å². The van der Waals surface area contributed by atoms with E-state index in [9.17, 15) is 4.79 Å². The molecule has 4 rings (SSSR count). The van der Waals surface area contributed by atoms with Crippen molar-refractivity contribution in [1.29, 1.82) is 0 Å². The number of halogens is 2. The second-order valence-electron chi connectivity index (χ2n) is 7.37. The van der Waals surface area contributed by atoms with Crippen LogP contribution in [0.15, 0.2) is 48.5 Å². The molecule has 3 aromatic rings. The highest BCUT2D eigenvalue weighted by Gasteiger charge is 2.22. The van der Waals surface area contributed by atoms with E-state index >= 15 is 0 Å². The lowest BCUT2D eigenvalue weighted by Gasteiger charge is -2.31. The molecular weight excluding hydrogens is 393 g/mol. The molecule has 144 valence electrons. The van der Waals surface area contributed by atoms with Crippen molar-refractivity contribution in [3.05, 3.63) is 64.1 Å². The number of carbonyl (C=O) groups is 1. The normalized spacial score (nSPS) is 17.0. The van der Waals surface area contributed by atoms with Gasteiger partial charge in [-0.15, -0.1) is 0 Å². The van der Waals surface area contributed by atoms with Gasteiger partial charge < -0.3 is 4.90 Å². The first-order valence-corrected chi connectivity index (χ1v) is 10.2. The standard InChI is InChI=1S/C22H21Cl2N3O/c1-14-3-2-10-27(13-14)22(28)16-6-4-15(5-7-16)20-12-21(26-25-20)18-9-8-17(23)11-19(18)24/h4-9,11-12,14H,2-3,10,13H2,1H3,(H,25,26)/t14-/m0/s1. The smallest absolute Gasteiger partial charge is 0.253 e. The van der Waals surface area contributed by atoms with Crippen molar-refractivity contribution in [2.75, 3.05) is 13.1 Å². The van der Waals surface area contributed by atoms with E-state index in [-0.39, 0.29) is 5.91 Å². The van der Waals surface area contributed by atoms with Gasteiger partial charge in [-0.3, -0.25) is 9.89 Å². The van der Waals surface area contributed by atoms with Crippen LogP contribution in [0.1, 0.15) is 30.1 Å². The van der Waals surface area contributed by atoms with Crippen molar-refractivity contribution in [3.63, 3.8) is 0 Å². The van der Waals surface area contributed by atoms with E-state index in [1.54, 1.807) is 12.1 Å². The number of hydrogen-bond acceptors (Lipinski definition) is 2. The van der Waals surface area contributed by atoms with Gasteiger partial charge in [0.05, 0.1) is 16.4 Å². The molecule has 0 aliphatic carbocycles. The summed E-state index contributed by atoms with van der Waals surface area (Å²) in [6.45, 7) is 3.88. The minimum atomic E-state index is 0.105. The van der Waals surface area contributed by atoms with Crippen LogP contribution < -0.4 is 0 Å². The molecule has 1 saturated heterocycles. The number of amides is 1. The molecule has 1 atom stereocenters. The monoisotopic (exact) mass is 413 g/mol. The number of H-pyrrole nitrogens is 1. The summed E-state index contributed by atoms with van der Waals surface area (Å²) in [5.74, 6) is 0.674. The van der Waals surface area contributed by atoms with Crippen molar-refractivity contribution >= 4 is 29.1 Å². The van der Waals surface area contributed by atoms with Gasteiger partial charge in [0.2, 0.25) is 0 Å². The molecule has 2 heterocycles. The molecule has 1 aliphatic rings. The highest BCUT2D eigenvalue weighted by Crippen LogP contribution is 2.31. The van der Waals surface area contributed by atoms with E-state index in [0.717, 1.165) is 42.0 Å². The number of likely N-dealkylation sites (tertiary alicyclic amines) is 1. The Kier molecular flexibility index (Phi) is 5.42. The van der Waals surface area contributed by atoms with Gasteiger partial charge in [-0.05, 0) is 55.2 Å². The molecule has 1 N–H and O–H groups in total. The average molecular weight is 414 g/mol. The number of nitrogens with zero attached hydrogens (tertiary/aromatic N) is 2. The molecule has 0 unspecified atom stereocenters. The molecule has 0 saturated carbocycles. The van der Waals surface area contributed by atoms with Gasteiger partial charge in [0.1, 0.15) is 0 Å². The van der Waals surface area contributed by atoms with Crippen LogP contribution in [0.25, 0.3) is 22.5 Å². The van der Waals surface area contributed by atoms with E-state index in [2.05, 4.69) is 17.1 Å². The van der Waals surface area contributed by atoms with E-state index in [1.165, 1.54) is 6.42 Å². The van der Waals surface area contributed by atoms with Gasteiger partial charge >= 0.3 is 0 Å². The van der Waals surface area contributed by atoms with Crippen molar-refractivity contribution < 1.29 is 4.79 Å². The minimum absolute atomic E-state index is 0.105. The lowest BCUT2D eigenvalue weighted by molar-refractivity contribution is 0.0683. The van der Waals surface area contributed by atoms with Crippen LogP contribution in [0.4, 0.5) is 0 Å². The Balaban J connectivity index is 1.53. The molecule has 1 aromatic heterocycles. The fourth-order valence-electron chi connectivity index (χ4n) is 3.66. The first kappa shape index (κ1) is 19.0. The molecule has 28 heavy (non-hydrogen) atoms. The summed E-state index contributed by atoms with van der Waals surface area (Å²) in [4.78, 5) is 14.7. The number of nitrogens with one attached hydrogen (secondary N) is 1. The Morgan fingerprint density at radius 3 is 2.64 bits per heavy atom. The zero-order valence-electron chi connectivity index (χ0n) is 15.6. The molecule has 1 amide bonds. The fourth-order valence-corrected chi connectivity index (χ4v) is 4.17. The maximum atomic E-state index is 12.7. The predicted octanol–water partition coefficient (Wildman–Crippen LogP) is 5.92. The van der Waals surface area contributed by atoms with Crippen LogP contribution in [0, 0.1) is 5.92 Å². The largest absolute Gasteiger partial charge is 0.338 e. The highest BCUT2D eigenvalue weighted by molar-refractivity contribution is 6.36. The fraction of sp³-hybridized carbons (Fsp3) is 0.273. The second kappa shape index (κ2) is 7.98. The van der Waals surface area contributed by atoms with Crippen LogP contribution in [0.3, 0.4) is 0 Å². The number of piperidine rings is 1. The third kappa shape index (κ3) is 3.94. The van der Waals surface area contributed by atoms with Crippen molar-refractivity contribution in [1.82, 2.24) is 15.1 Å². The SMILES string of the molecule is C[C@H]1CCCN(C(=O)c2ccc(-c3cc(-c4ccc(Cl)cc4Cl)[nH]n3)cc2)C1. The Hall–Kier alpha value is -2.30. The Labute approximate surface area is 174 Å². The molecule has 2 aromatic carbocycles. The first-order valence-electron chi connectivity index (χ1n) is 9.42. The van der Waals surface area contributed by atoms with Gasteiger partial charge in [0.15, 0.2) is 0 Å². The summed E-state index contributed by atoms with van der Waals surface area (Å²) in [5.41, 5.74) is 4.12. The molecule has 1 aliphatic heterocycles. The van der Waals surface area contributed by atoms with Crippen LogP contribution in [0.5, 0.6) is 0 Å². The molecule has 0 spiro atoms. The maximum absolute atomic E-state index is 12.7. The molecule has 4 nitrogen and oxygen atoms in total. The van der Waals surface area contributed by atoms with E-state index in [4.69, 9.17) is 23.2 Å². The molecule has 0 radical (unpaired) electrons. The van der Waals surface area contributed by atoms with E-state index in [0.29, 0.717) is 21.5 Å². The third-order valence-corrected chi connectivity index (χ3v) is 5.72. The minimum Gasteiger partial charge on any atom is -0.338 e. The summed E-state index contributed by atoms with van der Waals surface area (Å²) < 4.78 is 0. The number of aromatic nitrogens is 2.